The average molecular weight is 514 g/mol. The van der Waals surface area contributed by atoms with Crippen LogP contribution in [0.5, 0.6) is 5.75 Å². The summed E-state index contributed by atoms with van der Waals surface area (Å²) in [6.45, 7) is 7.54. The maximum Gasteiger partial charge on any atom is 0.191 e. The molecular weight excluding hydrogens is 479 g/mol. The Labute approximate surface area is 191 Å². The standard InChI is InChI=1S/C22H34N4O2.HI/c1-22(2)19(18-10-12-28-20(18)22)25-21(23-3)24-15-7-6-11-26(14-15)16-8-5-9-17(13-16)27-4;/h5,8-9,13,15,18-20H,6-7,10-12,14H2,1-4H3,(H2,23,24,25);1H. The zero-order valence-electron chi connectivity index (χ0n) is 18.0. The summed E-state index contributed by atoms with van der Waals surface area (Å²) in [6, 6.07) is 9.13. The van der Waals surface area contributed by atoms with Crippen LogP contribution in [0.4, 0.5) is 5.69 Å². The smallest absolute Gasteiger partial charge is 0.191 e. The number of piperidine rings is 1. The van der Waals surface area contributed by atoms with Crippen LogP contribution in [0.25, 0.3) is 0 Å². The molecule has 2 saturated heterocycles. The van der Waals surface area contributed by atoms with Gasteiger partial charge in [-0.05, 0) is 31.4 Å². The van der Waals surface area contributed by atoms with Gasteiger partial charge in [0.2, 0.25) is 0 Å². The van der Waals surface area contributed by atoms with Gasteiger partial charge in [0.05, 0.1) is 13.2 Å². The molecule has 2 heterocycles. The fourth-order valence-corrected chi connectivity index (χ4v) is 5.27. The minimum atomic E-state index is 0. The summed E-state index contributed by atoms with van der Waals surface area (Å²) in [5.74, 6) is 2.43. The molecule has 1 aliphatic carbocycles. The summed E-state index contributed by atoms with van der Waals surface area (Å²) in [6.07, 6.45) is 3.86. The molecule has 0 amide bonds. The number of nitrogens with one attached hydrogen (secondary N) is 2. The van der Waals surface area contributed by atoms with Gasteiger partial charge in [-0.2, -0.15) is 0 Å². The quantitative estimate of drug-likeness (QED) is 0.367. The van der Waals surface area contributed by atoms with E-state index in [2.05, 4.69) is 52.6 Å². The first kappa shape index (κ1) is 22.5. The van der Waals surface area contributed by atoms with E-state index in [1.165, 1.54) is 12.1 Å². The van der Waals surface area contributed by atoms with Gasteiger partial charge in [0.1, 0.15) is 5.75 Å². The first-order valence-corrected chi connectivity index (χ1v) is 10.5. The van der Waals surface area contributed by atoms with Crippen LogP contribution >= 0.6 is 24.0 Å². The number of guanidine groups is 1. The van der Waals surface area contributed by atoms with Crippen molar-refractivity contribution in [3.63, 3.8) is 0 Å². The van der Waals surface area contributed by atoms with Gasteiger partial charge in [-0.3, -0.25) is 4.99 Å². The van der Waals surface area contributed by atoms with Crippen molar-refractivity contribution in [2.45, 2.75) is 51.3 Å². The van der Waals surface area contributed by atoms with Crippen molar-refractivity contribution in [1.82, 2.24) is 10.6 Å². The Kier molecular flexibility index (Phi) is 7.19. The Balaban J connectivity index is 0.00000240. The first-order valence-electron chi connectivity index (χ1n) is 10.5. The van der Waals surface area contributed by atoms with Crippen LogP contribution in [0.3, 0.4) is 0 Å². The van der Waals surface area contributed by atoms with Crippen molar-refractivity contribution in [2.24, 2.45) is 16.3 Å². The van der Waals surface area contributed by atoms with Gasteiger partial charge in [-0.1, -0.05) is 19.9 Å². The van der Waals surface area contributed by atoms with Crippen LogP contribution in [-0.2, 0) is 4.74 Å². The number of hydrogen-bond acceptors (Lipinski definition) is 4. The summed E-state index contributed by atoms with van der Waals surface area (Å²) >= 11 is 0. The molecule has 1 aromatic rings. The molecule has 0 aromatic heterocycles. The molecule has 4 atom stereocenters. The summed E-state index contributed by atoms with van der Waals surface area (Å²) in [5, 5.41) is 7.38. The lowest BCUT2D eigenvalue weighted by Gasteiger charge is -2.55. The third-order valence-corrected chi connectivity index (χ3v) is 6.80. The molecule has 3 fully saturated rings. The minimum Gasteiger partial charge on any atom is -0.497 e. The lowest BCUT2D eigenvalue weighted by Crippen LogP contribution is -2.68. The zero-order valence-corrected chi connectivity index (χ0v) is 20.3. The number of benzene rings is 1. The Morgan fingerprint density at radius 2 is 2.10 bits per heavy atom. The van der Waals surface area contributed by atoms with Crippen LogP contribution in [-0.4, -0.2) is 58.0 Å². The second-order valence-corrected chi connectivity index (χ2v) is 8.89. The molecule has 3 aliphatic rings. The lowest BCUT2D eigenvalue weighted by molar-refractivity contribution is -0.106. The zero-order chi connectivity index (χ0) is 19.7. The topological polar surface area (TPSA) is 58.1 Å². The van der Waals surface area contributed by atoms with Gasteiger partial charge >= 0.3 is 0 Å². The van der Waals surface area contributed by atoms with Gasteiger partial charge in [0, 0.05) is 61.9 Å². The molecule has 0 radical (unpaired) electrons. The first-order chi connectivity index (χ1) is 13.5. The van der Waals surface area contributed by atoms with E-state index in [1.54, 1.807) is 7.11 Å². The van der Waals surface area contributed by atoms with Crippen LogP contribution in [0.1, 0.15) is 33.1 Å². The van der Waals surface area contributed by atoms with E-state index in [4.69, 9.17) is 9.47 Å². The molecule has 6 nitrogen and oxygen atoms in total. The molecule has 4 rings (SSSR count). The minimum absolute atomic E-state index is 0. The van der Waals surface area contributed by atoms with Crippen molar-refractivity contribution >= 4 is 35.6 Å². The Hall–Kier alpha value is -1.22. The summed E-state index contributed by atoms with van der Waals surface area (Å²) in [4.78, 5) is 6.96. The van der Waals surface area contributed by atoms with Crippen LogP contribution in [0.2, 0.25) is 0 Å². The van der Waals surface area contributed by atoms with Crippen LogP contribution in [0.15, 0.2) is 29.3 Å². The van der Waals surface area contributed by atoms with E-state index in [0.717, 1.165) is 44.2 Å². The molecule has 1 saturated carbocycles. The predicted octanol–water partition coefficient (Wildman–Crippen LogP) is 3.26. The largest absolute Gasteiger partial charge is 0.497 e. The third kappa shape index (κ3) is 4.45. The van der Waals surface area contributed by atoms with E-state index < -0.39 is 0 Å². The predicted molar refractivity (Wildman–Crippen MR) is 129 cm³/mol. The third-order valence-electron chi connectivity index (χ3n) is 6.80. The Morgan fingerprint density at radius 1 is 1.28 bits per heavy atom. The van der Waals surface area contributed by atoms with Gasteiger partial charge in [0.25, 0.3) is 0 Å². The summed E-state index contributed by atoms with van der Waals surface area (Å²) in [5.41, 5.74) is 1.37. The normalized spacial score (nSPS) is 30.6. The summed E-state index contributed by atoms with van der Waals surface area (Å²) in [7, 11) is 3.59. The fourth-order valence-electron chi connectivity index (χ4n) is 5.27. The molecular formula is C22H35IN4O2. The number of aliphatic imine (C=N–C) groups is 1. The number of halogens is 1. The SMILES string of the molecule is CN=C(NC1CCCN(c2cccc(OC)c2)C1)NC1C2CCOC2C1(C)C.I. The summed E-state index contributed by atoms with van der Waals surface area (Å²) < 4.78 is 11.3. The van der Waals surface area contributed by atoms with E-state index in [0.29, 0.717) is 24.1 Å². The number of ether oxygens (including phenoxy) is 2. The van der Waals surface area contributed by atoms with Gasteiger partial charge in [-0.25, -0.2) is 0 Å². The van der Waals surface area contributed by atoms with E-state index in [1.807, 2.05) is 13.1 Å². The Bertz CT molecular complexity index is 727. The van der Waals surface area contributed by atoms with Crippen LogP contribution in [0, 0.1) is 11.3 Å². The molecule has 29 heavy (non-hydrogen) atoms. The maximum absolute atomic E-state index is 5.93. The monoisotopic (exact) mass is 514 g/mol. The molecule has 2 N–H and O–H groups in total. The van der Waals surface area contributed by atoms with Crippen molar-refractivity contribution in [1.29, 1.82) is 0 Å². The molecule has 7 heteroatoms. The molecule has 2 aliphatic heterocycles. The number of hydrogen-bond donors (Lipinski definition) is 2. The van der Waals surface area contributed by atoms with E-state index in [9.17, 15) is 0 Å². The maximum atomic E-state index is 5.93. The van der Waals surface area contributed by atoms with Gasteiger partial charge in [0.15, 0.2) is 5.96 Å². The molecule has 0 bridgehead atoms. The molecule has 4 unspecified atom stereocenters. The number of methoxy groups -OCH3 is 1. The second kappa shape index (κ2) is 9.29. The van der Waals surface area contributed by atoms with Gasteiger partial charge in [-0.15, -0.1) is 24.0 Å². The molecule has 0 spiro atoms. The lowest BCUT2D eigenvalue weighted by atomic mass is 9.57. The second-order valence-electron chi connectivity index (χ2n) is 8.89. The van der Waals surface area contributed by atoms with Crippen molar-refractivity contribution in [3.05, 3.63) is 24.3 Å². The highest BCUT2D eigenvalue weighted by Crippen LogP contribution is 2.52. The van der Waals surface area contributed by atoms with E-state index in [-0.39, 0.29) is 29.4 Å². The van der Waals surface area contributed by atoms with E-state index >= 15 is 0 Å². The highest BCUT2D eigenvalue weighted by atomic mass is 127. The molecule has 162 valence electrons. The highest BCUT2D eigenvalue weighted by molar-refractivity contribution is 14.0. The Morgan fingerprint density at radius 3 is 2.86 bits per heavy atom. The molecule has 1 aromatic carbocycles. The van der Waals surface area contributed by atoms with Crippen LogP contribution < -0.4 is 20.3 Å². The fraction of sp³-hybridized carbons (Fsp3) is 0.682. The number of nitrogens with zero attached hydrogens (tertiary/aromatic N) is 2. The number of rotatable bonds is 4. The average Bonchev–Trinajstić information content (AvgIpc) is 3.18. The van der Waals surface area contributed by atoms with Crippen molar-refractivity contribution in [2.75, 3.05) is 38.8 Å². The number of fused-ring (bicyclic) bond motifs is 1. The van der Waals surface area contributed by atoms with Crippen molar-refractivity contribution < 1.29 is 9.47 Å². The number of anilines is 1. The van der Waals surface area contributed by atoms with Crippen molar-refractivity contribution in [3.8, 4) is 5.75 Å². The van der Waals surface area contributed by atoms with Gasteiger partial charge < -0.3 is 25.0 Å². The highest BCUT2D eigenvalue weighted by Gasteiger charge is 2.59.